The predicted molar refractivity (Wildman–Crippen MR) is 210 cm³/mol. The average molecular weight is 817 g/mol. The molecule has 0 saturated carbocycles. The highest BCUT2D eigenvalue weighted by molar-refractivity contribution is 6.35. The average Bonchev–Trinajstić information content (AvgIpc) is 4.04. The molecule has 59 heavy (non-hydrogen) atoms. The standard InChI is InChI=1S/C43H48F4N8O4/c1-25-22-30(33-24-49-37(51-33)35-13-5-27(3)55(35)41(59)39(57)53-20-16-43(46,47)17-21-53)10-11-31(25)28-6-8-29(9-7-28)32-23-48-36(50-32)34-12-4-26(2)54(34)40(58)38(56)52-18-14-42(44,45)15-19-52/h6-11,22-24,26-27,34-35H,4-5,12-21H2,1-3H3,(H,48,50)(H,49,51)/t26-,27-,34?,35-/m0/s1. The van der Waals surface area contributed by atoms with Crippen LogP contribution >= 0.6 is 0 Å². The van der Waals surface area contributed by atoms with E-state index >= 15 is 0 Å². The van der Waals surface area contributed by atoms with Gasteiger partial charge in [0.2, 0.25) is 0 Å². The molecule has 12 nitrogen and oxygen atoms in total. The van der Waals surface area contributed by atoms with Gasteiger partial charge in [0, 0.05) is 87.5 Å². The second-order valence-electron chi connectivity index (χ2n) is 16.6. The maximum Gasteiger partial charge on any atom is 0.312 e. The number of carbonyl (C=O) groups excluding carboxylic acids is 4. The highest BCUT2D eigenvalue weighted by atomic mass is 19.3. The number of H-pyrrole nitrogens is 2. The number of carbonyl (C=O) groups is 4. The minimum atomic E-state index is -2.82. The first-order valence-electron chi connectivity index (χ1n) is 20.4. The number of hydrogen-bond acceptors (Lipinski definition) is 6. The van der Waals surface area contributed by atoms with Crippen molar-refractivity contribution in [3.8, 4) is 33.6 Å². The van der Waals surface area contributed by atoms with Crippen molar-refractivity contribution in [2.45, 2.75) is 108 Å². The van der Waals surface area contributed by atoms with Crippen molar-refractivity contribution >= 4 is 23.6 Å². The number of likely N-dealkylation sites (tertiary alicyclic amines) is 4. The fraction of sp³-hybridized carbons (Fsp3) is 0.488. The van der Waals surface area contributed by atoms with Gasteiger partial charge in [0.25, 0.3) is 11.8 Å². The van der Waals surface area contributed by atoms with Crippen LogP contribution in [0.25, 0.3) is 33.6 Å². The maximum absolute atomic E-state index is 13.7. The summed E-state index contributed by atoms with van der Waals surface area (Å²) in [5.74, 6) is -7.38. The van der Waals surface area contributed by atoms with E-state index in [4.69, 9.17) is 9.97 Å². The summed E-state index contributed by atoms with van der Waals surface area (Å²) < 4.78 is 54.8. The van der Waals surface area contributed by atoms with Gasteiger partial charge in [0.05, 0.1) is 23.5 Å². The number of aromatic amines is 2. The van der Waals surface area contributed by atoms with Crippen molar-refractivity contribution in [3.63, 3.8) is 0 Å². The summed E-state index contributed by atoms with van der Waals surface area (Å²) in [6.07, 6.45) is 4.37. The van der Waals surface area contributed by atoms with Gasteiger partial charge in [-0.15, -0.1) is 0 Å². The van der Waals surface area contributed by atoms with E-state index in [1.54, 1.807) is 17.3 Å². The molecule has 4 saturated heterocycles. The third kappa shape index (κ3) is 7.97. The molecule has 0 spiro atoms. The van der Waals surface area contributed by atoms with Crippen molar-refractivity contribution < 1.29 is 36.7 Å². The molecular formula is C43H48F4N8O4. The largest absolute Gasteiger partial charge is 0.346 e. The van der Waals surface area contributed by atoms with E-state index in [-0.39, 0.29) is 38.3 Å². The summed E-state index contributed by atoms with van der Waals surface area (Å²) in [7, 11) is 0. The number of hydrogen-bond donors (Lipinski definition) is 2. The summed E-state index contributed by atoms with van der Waals surface area (Å²) in [6, 6.07) is 12.7. The quantitative estimate of drug-likeness (QED) is 0.164. The van der Waals surface area contributed by atoms with Crippen LogP contribution in [0.3, 0.4) is 0 Å². The fourth-order valence-corrected chi connectivity index (χ4v) is 9.03. The number of nitrogens with zero attached hydrogens (tertiary/aromatic N) is 6. The van der Waals surface area contributed by atoms with Crippen LogP contribution in [-0.4, -0.2) is 113 Å². The zero-order valence-corrected chi connectivity index (χ0v) is 33.3. The number of aromatic nitrogens is 4. The molecule has 2 N–H and O–H groups in total. The zero-order chi connectivity index (χ0) is 41.8. The van der Waals surface area contributed by atoms with Crippen LogP contribution in [0.2, 0.25) is 0 Å². The molecule has 312 valence electrons. The molecule has 1 unspecified atom stereocenters. The molecule has 8 rings (SSSR count). The smallest absolute Gasteiger partial charge is 0.312 e. The van der Waals surface area contributed by atoms with E-state index in [1.807, 2.05) is 63.2 Å². The molecule has 4 amide bonds. The minimum Gasteiger partial charge on any atom is -0.346 e. The predicted octanol–water partition coefficient (Wildman–Crippen LogP) is 7.06. The van der Waals surface area contributed by atoms with Gasteiger partial charge in [-0.2, -0.15) is 0 Å². The molecule has 4 aromatic rings. The first-order valence-corrected chi connectivity index (χ1v) is 20.4. The number of halogens is 4. The SMILES string of the molecule is Cc1cc(-c2c[nH]c([C@@H]3CC[C@H](C)N3C(=O)C(=O)N3CCC(F)(F)CC3)n2)ccc1-c1ccc(-c2c[nH]c(C3CC[C@H](C)N3C(=O)C(=O)N3CCC(F)(F)CC3)n2)cc1. The summed E-state index contributed by atoms with van der Waals surface area (Å²) in [5.41, 5.74) is 6.12. The second-order valence-corrected chi connectivity index (χ2v) is 16.6. The van der Waals surface area contributed by atoms with Crippen molar-refractivity contribution in [3.05, 3.63) is 72.1 Å². The van der Waals surface area contributed by atoms with Crippen LogP contribution in [0.15, 0.2) is 54.9 Å². The lowest BCUT2D eigenvalue weighted by molar-refractivity contribution is -0.156. The topological polar surface area (TPSA) is 139 Å². The number of piperidine rings is 2. The third-order valence-corrected chi connectivity index (χ3v) is 12.6. The van der Waals surface area contributed by atoms with Gasteiger partial charge in [0.1, 0.15) is 11.6 Å². The highest BCUT2D eigenvalue weighted by Crippen LogP contribution is 2.39. The number of aryl methyl sites for hydroxylation is 1. The van der Waals surface area contributed by atoms with Crippen molar-refractivity contribution in [2.24, 2.45) is 0 Å². The normalized spacial score (nSPS) is 24.1. The molecule has 2 aromatic carbocycles. The molecule has 4 aliphatic heterocycles. The minimum absolute atomic E-state index is 0.147. The van der Waals surface area contributed by atoms with Gasteiger partial charge < -0.3 is 29.6 Å². The molecule has 0 bridgehead atoms. The van der Waals surface area contributed by atoms with Gasteiger partial charge >= 0.3 is 23.6 Å². The summed E-state index contributed by atoms with van der Waals surface area (Å²) in [4.78, 5) is 74.7. The molecule has 2 aromatic heterocycles. The number of amides is 4. The van der Waals surface area contributed by atoms with Crippen LogP contribution < -0.4 is 0 Å². The van der Waals surface area contributed by atoms with Crippen molar-refractivity contribution in [1.29, 1.82) is 0 Å². The Bertz CT molecular complexity index is 2240. The number of rotatable bonds is 5. The fourth-order valence-electron chi connectivity index (χ4n) is 9.03. The first-order chi connectivity index (χ1) is 28.1. The molecular weight excluding hydrogens is 769 g/mol. The summed E-state index contributed by atoms with van der Waals surface area (Å²) in [5, 5.41) is 0. The summed E-state index contributed by atoms with van der Waals surface area (Å²) in [6.45, 7) is 5.19. The van der Waals surface area contributed by atoms with Crippen LogP contribution in [0.5, 0.6) is 0 Å². The van der Waals surface area contributed by atoms with E-state index in [2.05, 4.69) is 9.97 Å². The van der Waals surface area contributed by atoms with Crippen molar-refractivity contribution in [2.75, 3.05) is 26.2 Å². The maximum atomic E-state index is 13.7. The Labute approximate surface area is 339 Å². The Morgan fingerprint density at radius 1 is 0.593 bits per heavy atom. The Balaban J connectivity index is 0.923. The molecule has 4 atom stereocenters. The van der Waals surface area contributed by atoms with Gasteiger partial charge in [-0.1, -0.05) is 36.4 Å². The van der Waals surface area contributed by atoms with Crippen LogP contribution in [0, 0.1) is 6.92 Å². The van der Waals surface area contributed by atoms with Crippen LogP contribution in [0.1, 0.15) is 94.5 Å². The molecule has 0 radical (unpaired) electrons. The third-order valence-electron chi connectivity index (χ3n) is 12.6. The van der Waals surface area contributed by atoms with E-state index in [0.717, 1.165) is 27.8 Å². The first kappa shape index (κ1) is 40.2. The van der Waals surface area contributed by atoms with E-state index in [0.29, 0.717) is 48.7 Å². The number of benzene rings is 2. The van der Waals surface area contributed by atoms with Crippen LogP contribution in [-0.2, 0) is 19.2 Å². The Morgan fingerprint density at radius 3 is 1.44 bits per heavy atom. The monoisotopic (exact) mass is 816 g/mol. The Kier molecular flexibility index (Phi) is 10.6. The van der Waals surface area contributed by atoms with E-state index in [9.17, 15) is 36.7 Å². The van der Waals surface area contributed by atoms with E-state index < -0.39 is 73.2 Å². The molecule has 4 fully saturated rings. The lowest BCUT2D eigenvalue weighted by Crippen LogP contribution is -2.51. The van der Waals surface area contributed by atoms with E-state index in [1.165, 1.54) is 14.7 Å². The molecule has 0 aliphatic carbocycles. The second kappa shape index (κ2) is 15.6. The van der Waals surface area contributed by atoms with Gasteiger partial charge in [-0.05, 0) is 69.2 Å². The van der Waals surface area contributed by atoms with Gasteiger partial charge in [-0.25, -0.2) is 27.5 Å². The lowest BCUT2D eigenvalue weighted by Gasteiger charge is -2.34. The number of nitrogens with one attached hydrogen (secondary N) is 2. The summed E-state index contributed by atoms with van der Waals surface area (Å²) >= 11 is 0. The highest BCUT2D eigenvalue weighted by Gasteiger charge is 2.45. The zero-order valence-electron chi connectivity index (χ0n) is 33.3. The Hall–Kier alpha value is -5.54. The molecule has 4 aliphatic rings. The molecule has 16 heteroatoms. The van der Waals surface area contributed by atoms with Crippen LogP contribution in [0.4, 0.5) is 17.6 Å². The van der Waals surface area contributed by atoms with Gasteiger partial charge in [0.15, 0.2) is 0 Å². The molecule has 6 heterocycles. The lowest BCUT2D eigenvalue weighted by atomic mass is 9.96. The number of alkyl halides is 4. The Morgan fingerprint density at radius 2 is 1.00 bits per heavy atom. The van der Waals surface area contributed by atoms with Gasteiger partial charge in [-0.3, -0.25) is 19.2 Å². The number of imidazole rings is 2. The van der Waals surface area contributed by atoms with Crippen molar-refractivity contribution in [1.82, 2.24) is 39.5 Å².